The topological polar surface area (TPSA) is 24.9 Å². The maximum absolute atomic E-state index is 14.1. The van der Waals surface area contributed by atoms with Gasteiger partial charge in [0.15, 0.2) is 0 Å². The van der Waals surface area contributed by atoms with Crippen LogP contribution in [0.3, 0.4) is 0 Å². The predicted molar refractivity (Wildman–Crippen MR) is 83.7 cm³/mol. The van der Waals surface area contributed by atoms with Gasteiger partial charge in [0.05, 0.1) is 5.69 Å². The molecule has 0 radical (unpaired) electrons. The van der Waals surface area contributed by atoms with Gasteiger partial charge in [0, 0.05) is 22.4 Å². The summed E-state index contributed by atoms with van der Waals surface area (Å²) in [6.45, 7) is 9.06. The lowest BCUT2D eigenvalue weighted by Gasteiger charge is -2.17. The van der Waals surface area contributed by atoms with E-state index in [2.05, 4.69) is 26.1 Å². The van der Waals surface area contributed by atoms with Gasteiger partial charge in [-0.1, -0.05) is 26.8 Å². The summed E-state index contributed by atoms with van der Waals surface area (Å²) in [6.07, 6.45) is 0. The van der Waals surface area contributed by atoms with Gasteiger partial charge in [-0.3, -0.25) is 0 Å². The van der Waals surface area contributed by atoms with Gasteiger partial charge in [0.2, 0.25) is 0 Å². The number of thiazole rings is 1. The fourth-order valence-electron chi connectivity index (χ4n) is 2.13. The molecular formula is C16H21FN2S. The number of nitrogens with one attached hydrogen (secondary N) is 1. The molecule has 0 aliphatic carbocycles. The van der Waals surface area contributed by atoms with Crippen molar-refractivity contribution in [2.75, 3.05) is 7.05 Å². The quantitative estimate of drug-likeness (QED) is 0.913. The molecule has 20 heavy (non-hydrogen) atoms. The average Bonchev–Trinajstić information content (AvgIpc) is 2.73. The SMILES string of the molecule is CNCc1sc(-c2ccc(C)cc2F)nc1C(C)(C)C. The lowest BCUT2D eigenvalue weighted by molar-refractivity contribution is 0.563. The van der Waals surface area contributed by atoms with Gasteiger partial charge in [-0.2, -0.15) is 0 Å². The second-order valence-corrected chi connectivity index (χ2v) is 7.14. The van der Waals surface area contributed by atoms with E-state index in [1.54, 1.807) is 17.4 Å². The second-order valence-electron chi connectivity index (χ2n) is 6.05. The summed E-state index contributed by atoms with van der Waals surface area (Å²) >= 11 is 1.57. The highest BCUT2D eigenvalue weighted by atomic mass is 32.1. The summed E-state index contributed by atoms with van der Waals surface area (Å²) in [5.41, 5.74) is 2.52. The molecule has 1 heterocycles. The van der Waals surface area contributed by atoms with Crippen LogP contribution >= 0.6 is 11.3 Å². The number of hydrogen-bond acceptors (Lipinski definition) is 3. The molecule has 0 spiro atoms. The molecule has 0 atom stereocenters. The molecule has 0 amide bonds. The van der Waals surface area contributed by atoms with Crippen LogP contribution in [-0.4, -0.2) is 12.0 Å². The third-order valence-corrected chi connectivity index (χ3v) is 4.19. The number of benzene rings is 1. The van der Waals surface area contributed by atoms with E-state index < -0.39 is 0 Å². The summed E-state index contributed by atoms with van der Waals surface area (Å²) in [5, 5.41) is 3.92. The minimum absolute atomic E-state index is 0.0396. The maximum atomic E-state index is 14.1. The predicted octanol–water partition coefficient (Wildman–Crippen LogP) is 4.27. The Bertz CT molecular complexity index is 611. The molecule has 0 bridgehead atoms. The van der Waals surface area contributed by atoms with E-state index in [4.69, 9.17) is 4.98 Å². The van der Waals surface area contributed by atoms with Crippen molar-refractivity contribution in [2.24, 2.45) is 0 Å². The number of nitrogens with zero attached hydrogens (tertiary/aromatic N) is 1. The van der Waals surface area contributed by atoms with Crippen molar-refractivity contribution in [1.82, 2.24) is 10.3 Å². The third kappa shape index (κ3) is 3.07. The highest BCUT2D eigenvalue weighted by molar-refractivity contribution is 7.15. The van der Waals surface area contributed by atoms with Crippen LogP contribution in [0.15, 0.2) is 18.2 Å². The molecule has 0 unspecified atom stereocenters. The van der Waals surface area contributed by atoms with E-state index >= 15 is 0 Å². The summed E-state index contributed by atoms with van der Waals surface area (Å²) in [6, 6.07) is 5.30. The molecular weight excluding hydrogens is 271 g/mol. The molecule has 0 saturated heterocycles. The Morgan fingerprint density at radius 3 is 2.55 bits per heavy atom. The van der Waals surface area contributed by atoms with Crippen molar-refractivity contribution in [3.8, 4) is 10.6 Å². The first kappa shape index (κ1) is 15.1. The van der Waals surface area contributed by atoms with Gasteiger partial charge in [-0.25, -0.2) is 9.37 Å². The molecule has 0 aliphatic heterocycles. The molecule has 2 aromatic rings. The molecule has 0 saturated carbocycles. The van der Waals surface area contributed by atoms with Gasteiger partial charge in [0.1, 0.15) is 10.8 Å². The van der Waals surface area contributed by atoms with Gasteiger partial charge in [-0.15, -0.1) is 11.3 Å². The molecule has 1 aromatic carbocycles. The molecule has 2 nitrogen and oxygen atoms in total. The van der Waals surface area contributed by atoms with Crippen molar-refractivity contribution in [1.29, 1.82) is 0 Å². The van der Waals surface area contributed by atoms with Crippen LogP contribution in [0.5, 0.6) is 0 Å². The number of hydrogen-bond donors (Lipinski definition) is 1. The van der Waals surface area contributed by atoms with Gasteiger partial charge in [-0.05, 0) is 31.7 Å². The number of aromatic nitrogens is 1. The van der Waals surface area contributed by atoms with E-state index in [1.165, 1.54) is 4.88 Å². The first-order chi connectivity index (χ1) is 9.32. The smallest absolute Gasteiger partial charge is 0.133 e. The summed E-state index contributed by atoms with van der Waals surface area (Å²) in [4.78, 5) is 5.88. The molecule has 1 aromatic heterocycles. The fraction of sp³-hybridized carbons (Fsp3) is 0.438. The van der Waals surface area contributed by atoms with Crippen LogP contribution in [0.1, 0.15) is 36.9 Å². The molecule has 4 heteroatoms. The van der Waals surface area contributed by atoms with E-state index in [1.807, 2.05) is 26.1 Å². The van der Waals surface area contributed by atoms with Crippen molar-refractivity contribution >= 4 is 11.3 Å². The minimum atomic E-state index is -0.199. The lowest BCUT2D eigenvalue weighted by Crippen LogP contribution is -2.16. The van der Waals surface area contributed by atoms with Crippen LogP contribution in [0.25, 0.3) is 10.6 Å². The lowest BCUT2D eigenvalue weighted by atomic mass is 9.91. The summed E-state index contributed by atoms with van der Waals surface area (Å²) in [5.74, 6) is -0.199. The second kappa shape index (κ2) is 5.62. The zero-order chi connectivity index (χ0) is 14.9. The maximum Gasteiger partial charge on any atom is 0.133 e. The zero-order valence-electron chi connectivity index (χ0n) is 12.7. The van der Waals surface area contributed by atoms with Gasteiger partial charge in [0.25, 0.3) is 0 Å². The van der Waals surface area contributed by atoms with Crippen LogP contribution in [0.2, 0.25) is 0 Å². The highest BCUT2D eigenvalue weighted by Gasteiger charge is 2.24. The van der Waals surface area contributed by atoms with Gasteiger partial charge < -0.3 is 5.32 Å². The van der Waals surface area contributed by atoms with E-state index in [-0.39, 0.29) is 11.2 Å². The number of aryl methyl sites for hydroxylation is 1. The van der Waals surface area contributed by atoms with Crippen LogP contribution < -0.4 is 5.32 Å². The molecule has 1 N–H and O–H groups in total. The Kier molecular flexibility index (Phi) is 4.25. The van der Waals surface area contributed by atoms with E-state index in [0.29, 0.717) is 5.56 Å². The Balaban J connectivity index is 2.53. The largest absolute Gasteiger partial charge is 0.315 e. The molecule has 2 rings (SSSR count). The first-order valence-corrected chi connectivity index (χ1v) is 7.56. The van der Waals surface area contributed by atoms with Crippen LogP contribution in [0, 0.1) is 12.7 Å². The minimum Gasteiger partial charge on any atom is -0.315 e. The standard InChI is InChI=1S/C16H21FN2S/c1-10-6-7-11(12(17)8-10)15-19-14(16(2,3)4)13(20-15)9-18-5/h6-8,18H,9H2,1-5H3. The summed E-state index contributed by atoms with van der Waals surface area (Å²) in [7, 11) is 1.91. The Hall–Kier alpha value is -1.26. The number of halogens is 1. The van der Waals surface area contributed by atoms with Crippen molar-refractivity contribution in [3.05, 3.63) is 40.2 Å². The molecule has 0 fully saturated rings. The monoisotopic (exact) mass is 292 g/mol. The number of rotatable bonds is 3. The van der Waals surface area contributed by atoms with Crippen LogP contribution in [-0.2, 0) is 12.0 Å². The Morgan fingerprint density at radius 2 is 2.00 bits per heavy atom. The van der Waals surface area contributed by atoms with Crippen LogP contribution in [0.4, 0.5) is 4.39 Å². The Morgan fingerprint density at radius 1 is 1.30 bits per heavy atom. The fourth-order valence-corrected chi connectivity index (χ4v) is 3.44. The first-order valence-electron chi connectivity index (χ1n) is 6.74. The van der Waals surface area contributed by atoms with Crippen molar-refractivity contribution in [2.45, 2.75) is 39.7 Å². The normalized spacial score (nSPS) is 11.9. The molecule has 108 valence electrons. The van der Waals surface area contributed by atoms with Gasteiger partial charge >= 0.3 is 0 Å². The zero-order valence-corrected chi connectivity index (χ0v) is 13.5. The molecule has 0 aliphatic rings. The highest BCUT2D eigenvalue weighted by Crippen LogP contribution is 2.35. The average molecular weight is 292 g/mol. The van der Waals surface area contributed by atoms with Crippen molar-refractivity contribution < 1.29 is 4.39 Å². The third-order valence-electron chi connectivity index (χ3n) is 3.10. The van der Waals surface area contributed by atoms with E-state index in [9.17, 15) is 4.39 Å². The Labute approximate surface area is 124 Å². The summed E-state index contributed by atoms with van der Waals surface area (Å²) < 4.78 is 14.1. The van der Waals surface area contributed by atoms with Crippen molar-refractivity contribution in [3.63, 3.8) is 0 Å². The van der Waals surface area contributed by atoms with E-state index in [0.717, 1.165) is 22.8 Å².